The van der Waals surface area contributed by atoms with Crippen molar-refractivity contribution in [3.63, 3.8) is 0 Å². The number of nitrogen functional groups attached to an aromatic ring is 1. The van der Waals surface area contributed by atoms with Crippen molar-refractivity contribution in [2.24, 2.45) is 0 Å². The molecule has 5 nitrogen and oxygen atoms in total. The molecule has 0 amide bonds. The van der Waals surface area contributed by atoms with Crippen LogP contribution in [0.2, 0.25) is 0 Å². The highest BCUT2D eigenvalue weighted by molar-refractivity contribution is 5.90. The van der Waals surface area contributed by atoms with E-state index < -0.39 is 0 Å². The second-order valence-electron chi connectivity index (χ2n) is 4.20. The lowest BCUT2D eigenvalue weighted by atomic mass is 10.2. The predicted molar refractivity (Wildman–Crippen MR) is 69.0 cm³/mol. The maximum absolute atomic E-state index is 5.81. The van der Waals surface area contributed by atoms with Crippen LogP contribution in [-0.4, -0.2) is 36.1 Å². The van der Waals surface area contributed by atoms with Crippen LogP contribution in [0.1, 0.15) is 0 Å². The number of rotatable bonds is 1. The van der Waals surface area contributed by atoms with Gasteiger partial charge < -0.3 is 16.0 Å². The first-order chi connectivity index (χ1) is 8.34. The number of fused-ring (bicyclic) bond motifs is 1. The van der Waals surface area contributed by atoms with Gasteiger partial charge in [0.2, 0.25) is 0 Å². The first-order valence-electron chi connectivity index (χ1n) is 5.80. The van der Waals surface area contributed by atoms with E-state index >= 15 is 0 Å². The average molecular weight is 229 g/mol. The van der Waals surface area contributed by atoms with Gasteiger partial charge in [-0.1, -0.05) is 0 Å². The van der Waals surface area contributed by atoms with E-state index in [4.69, 9.17) is 5.73 Å². The Kier molecular flexibility index (Phi) is 2.53. The van der Waals surface area contributed by atoms with Gasteiger partial charge in [-0.15, -0.1) is 0 Å². The highest BCUT2D eigenvalue weighted by Gasteiger charge is 2.11. The summed E-state index contributed by atoms with van der Waals surface area (Å²) in [6, 6.07) is 6.17. The fourth-order valence-corrected chi connectivity index (χ4v) is 2.19. The van der Waals surface area contributed by atoms with Gasteiger partial charge in [0.25, 0.3) is 0 Å². The molecule has 1 saturated heterocycles. The first kappa shape index (κ1) is 10.3. The molecule has 2 aromatic rings. The molecule has 0 atom stereocenters. The zero-order valence-electron chi connectivity index (χ0n) is 9.56. The smallest absolute Gasteiger partial charge is 0.134 e. The predicted octanol–water partition coefficient (Wildman–Crippen LogP) is 0.622. The van der Waals surface area contributed by atoms with E-state index in [2.05, 4.69) is 32.3 Å². The quantitative estimate of drug-likeness (QED) is 0.750. The molecule has 3 N–H and O–H groups in total. The van der Waals surface area contributed by atoms with Crippen molar-refractivity contribution >= 4 is 22.4 Å². The number of nitrogens with one attached hydrogen (secondary N) is 1. The monoisotopic (exact) mass is 229 g/mol. The summed E-state index contributed by atoms with van der Waals surface area (Å²) in [6.45, 7) is 4.13. The number of piperazine rings is 1. The molecule has 0 aliphatic carbocycles. The van der Waals surface area contributed by atoms with E-state index in [9.17, 15) is 0 Å². The maximum Gasteiger partial charge on any atom is 0.134 e. The maximum atomic E-state index is 5.81. The Bertz CT molecular complexity index is 533. The van der Waals surface area contributed by atoms with Gasteiger partial charge in [0, 0.05) is 37.3 Å². The van der Waals surface area contributed by atoms with Gasteiger partial charge in [-0.2, -0.15) is 0 Å². The molecule has 0 spiro atoms. The lowest BCUT2D eigenvalue weighted by Crippen LogP contribution is -2.43. The summed E-state index contributed by atoms with van der Waals surface area (Å²) < 4.78 is 0. The first-order valence-corrected chi connectivity index (χ1v) is 5.80. The van der Waals surface area contributed by atoms with E-state index in [0.717, 1.165) is 37.1 Å². The molecule has 0 unspecified atom stereocenters. The van der Waals surface area contributed by atoms with E-state index in [0.29, 0.717) is 5.82 Å². The highest BCUT2D eigenvalue weighted by Crippen LogP contribution is 2.23. The van der Waals surface area contributed by atoms with Gasteiger partial charge >= 0.3 is 0 Å². The molecular weight excluding hydrogens is 214 g/mol. The molecule has 1 aliphatic rings. The number of nitrogens with two attached hydrogens (primary N) is 1. The summed E-state index contributed by atoms with van der Waals surface area (Å²) >= 11 is 0. The third-order valence-electron chi connectivity index (χ3n) is 3.13. The minimum atomic E-state index is 0.543. The summed E-state index contributed by atoms with van der Waals surface area (Å²) in [4.78, 5) is 10.6. The SMILES string of the molecule is Nc1ncnc2cc(N3CCNCC3)ccc12. The van der Waals surface area contributed by atoms with Gasteiger partial charge in [0.15, 0.2) is 0 Å². The van der Waals surface area contributed by atoms with Gasteiger partial charge in [0.05, 0.1) is 5.52 Å². The molecule has 2 heterocycles. The average Bonchev–Trinajstić information content (AvgIpc) is 2.40. The fourth-order valence-electron chi connectivity index (χ4n) is 2.19. The van der Waals surface area contributed by atoms with Crippen molar-refractivity contribution in [3.8, 4) is 0 Å². The number of nitrogens with zero attached hydrogens (tertiary/aromatic N) is 3. The lowest BCUT2D eigenvalue weighted by Gasteiger charge is -2.29. The van der Waals surface area contributed by atoms with Crippen LogP contribution in [0.15, 0.2) is 24.5 Å². The van der Waals surface area contributed by atoms with E-state index in [-0.39, 0.29) is 0 Å². The van der Waals surface area contributed by atoms with Crippen LogP contribution in [0.3, 0.4) is 0 Å². The van der Waals surface area contributed by atoms with Crippen molar-refractivity contribution < 1.29 is 0 Å². The zero-order valence-corrected chi connectivity index (χ0v) is 9.56. The Morgan fingerprint density at radius 2 is 2.00 bits per heavy atom. The summed E-state index contributed by atoms with van der Waals surface area (Å²) in [5, 5.41) is 4.27. The third-order valence-corrected chi connectivity index (χ3v) is 3.13. The van der Waals surface area contributed by atoms with Crippen molar-refractivity contribution in [3.05, 3.63) is 24.5 Å². The molecule has 1 aromatic heterocycles. The Balaban J connectivity index is 2.01. The summed E-state index contributed by atoms with van der Waals surface area (Å²) in [5.41, 5.74) is 7.93. The van der Waals surface area contributed by atoms with Gasteiger partial charge in [0.1, 0.15) is 12.1 Å². The molecular formula is C12H15N5. The Hall–Kier alpha value is -1.88. The zero-order chi connectivity index (χ0) is 11.7. The molecule has 5 heteroatoms. The Labute approximate surface area is 99.7 Å². The Morgan fingerprint density at radius 3 is 2.82 bits per heavy atom. The number of benzene rings is 1. The van der Waals surface area contributed by atoms with Crippen LogP contribution < -0.4 is 16.0 Å². The summed E-state index contributed by atoms with van der Waals surface area (Å²) in [7, 11) is 0. The van der Waals surface area contributed by atoms with Crippen LogP contribution in [0.25, 0.3) is 10.9 Å². The molecule has 0 radical (unpaired) electrons. The minimum Gasteiger partial charge on any atom is -0.383 e. The van der Waals surface area contributed by atoms with E-state index in [1.165, 1.54) is 12.0 Å². The van der Waals surface area contributed by atoms with Crippen LogP contribution in [0.4, 0.5) is 11.5 Å². The minimum absolute atomic E-state index is 0.543. The molecule has 1 fully saturated rings. The number of aromatic nitrogens is 2. The van der Waals surface area contributed by atoms with Crippen LogP contribution in [0.5, 0.6) is 0 Å². The van der Waals surface area contributed by atoms with E-state index in [1.807, 2.05) is 6.07 Å². The van der Waals surface area contributed by atoms with Crippen molar-refractivity contribution in [1.82, 2.24) is 15.3 Å². The molecule has 0 bridgehead atoms. The lowest BCUT2D eigenvalue weighted by molar-refractivity contribution is 0.589. The van der Waals surface area contributed by atoms with Crippen molar-refractivity contribution in [2.45, 2.75) is 0 Å². The Morgan fingerprint density at radius 1 is 1.18 bits per heavy atom. The van der Waals surface area contributed by atoms with Gasteiger partial charge in [-0.3, -0.25) is 0 Å². The normalized spacial score (nSPS) is 16.4. The van der Waals surface area contributed by atoms with Crippen LogP contribution in [-0.2, 0) is 0 Å². The molecule has 1 aromatic carbocycles. The standard InChI is InChI=1S/C12H15N5/c13-12-10-2-1-9(7-11(10)15-8-16-12)17-5-3-14-4-6-17/h1-2,7-8,14H,3-6H2,(H2,13,15,16). The number of hydrogen-bond acceptors (Lipinski definition) is 5. The van der Waals surface area contributed by atoms with Gasteiger partial charge in [-0.05, 0) is 18.2 Å². The van der Waals surface area contributed by atoms with Crippen molar-refractivity contribution in [1.29, 1.82) is 0 Å². The molecule has 17 heavy (non-hydrogen) atoms. The summed E-state index contributed by atoms with van der Waals surface area (Å²) in [5.74, 6) is 0.543. The molecule has 0 saturated carbocycles. The van der Waals surface area contributed by atoms with Gasteiger partial charge in [-0.25, -0.2) is 9.97 Å². The van der Waals surface area contributed by atoms with Crippen molar-refractivity contribution in [2.75, 3.05) is 36.8 Å². The topological polar surface area (TPSA) is 67.1 Å². The largest absolute Gasteiger partial charge is 0.383 e. The third kappa shape index (κ3) is 1.89. The van der Waals surface area contributed by atoms with Crippen LogP contribution in [0, 0.1) is 0 Å². The molecule has 3 rings (SSSR count). The fraction of sp³-hybridized carbons (Fsp3) is 0.333. The van der Waals surface area contributed by atoms with Crippen LogP contribution >= 0.6 is 0 Å². The van der Waals surface area contributed by atoms with E-state index in [1.54, 1.807) is 0 Å². The second kappa shape index (κ2) is 4.18. The molecule has 88 valence electrons. The number of hydrogen-bond donors (Lipinski definition) is 2. The summed E-state index contributed by atoms with van der Waals surface area (Å²) in [6.07, 6.45) is 1.51. The second-order valence-corrected chi connectivity index (χ2v) is 4.20. The highest BCUT2D eigenvalue weighted by atomic mass is 15.2. The molecule has 1 aliphatic heterocycles. The number of anilines is 2.